The largest absolute Gasteiger partial charge is 0.465 e. The second-order valence-corrected chi connectivity index (χ2v) is 8.68. The van der Waals surface area contributed by atoms with E-state index < -0.39 is 11.9 Å². The zero-order valence-electron chi connectivity index (χ0n) is 16.4. The van der Waals surface area contributed by atoms with Crippen molar-refractivity contribution in [2.45, 2.75) is 0 Å². The van der Waals surface area contributed by atoms with Crippen LogP contribution in [0, 0.1) is 0 Å². The minimum Gasteiger partial charge on any atom is -0.465 e. The molecule has 2 aromatic carbocycles. The van der Waals surface area contributed by atoms with E-state index in [9.17, 15) is 9.59 Å². The number of benzene rings is 2. The van der Waals surface area contributed by atoms with Gasteiger partial charge in [-0.05, 0) is 47.2 Å². The average molecular weight is 435 g/mol. The molecule has 4 nitrogen and oxygen atoms in total. The lowest BCUT2D eigenvalue weighted by molar-refractivity contribution is -0.135. The lowest BCUT2D eigenvalue weighted by Gasteiger charge is -2.05. The summed E-state index contributed by atoms with van der Waals surface area (Å²) in [5.41, 5.74) is 0.596. The van der Waals surface area contributed by atoms with Gasteiger partial charge >= 0.3 is 11.9 Å². The lowest BCUT2D eigenvalue weighted by Crippen LogP contribution is -2.07. The van der Waals surface area contributed by atoms with Crippen molar-refractivity contribution >= 4 is 66.4 Å². The molecule has 0 amide bonds. The summed E-state index contributed by atoms with van der Waals surface area (Å²) in [5, 5.41) is 2.13. The van der Waals surface area contributed by atoms with Gasteiger partial charge in [-0.15, -0.1) is 22.7 Å². The Bertz CT molecular complexity index is 1240. The van der Waals surface area contributed by atoms with Crippen molar-refractivity contribution in [1.29, 1.82) is 0 Å². The second kappa shape index (κ2) is 8.65. The first-order valence-electron chi connectivity index (χ1n) is 9.16. The highest BCUT2D eigenvalue weighted by Crippen LogP contribution is 2.33. The van der Waals surface area contributed by atoms with Crippen molar-refractivity contribution < 1.29 is 19.1 Å². The molecule has 0 aliphatic heterocycles. The number of rotatable bonds is 5. The lowest BCUT2D eigenvalue weighted by atomic mass is 10.1. The van der Waals surface area contributed by atoms with Gasteiger partial charge in [0.2, 0.25) is 0 Å². The number of ether oxygens (including phenoxy) is 2. The van der Waals surface area contributed by atoms with E-state index in [0.717, 1.165) is 29.9 Å². The van der Waals surface area contributed by atoms with Crippen molar-refractivity contribution in [2.75, 3.05) is 14.2 Å². The molecule has 0 bridgehead atoms. The summed E-state index contributed by atoms with van der Waals surface area (Å²) in [6.45, 7) is 0. The van der Waals surface area contributed by atoms with Crippen LogP contribution in [-0.2, 0) is 19.1 Å². The van der Waals surface area contributed by atoms with Crippen LogP contribution in [0.1, 0.15) is 9.75 Å². The van der Waals surface area contributed by atoms with Crippen LogP contribution in [0.2, 0.25) is 0 Å². The number of methoxy groups -OCH3 is 2. The number of hydrogen-bond donors (Lipinski definition) is 0. The quantitative estimate of drug-likeness (QED) is 0.222. The fourth-order valence-corrected chi connectivity index (χ4v) is 5.20. The highest BCUT2D eigenvalue weighted by Gasteiger charge is 2.19. The van der Waals surface area contributed by atoms with Gasteiger partial charge in [-0.25, -0.2) is 9.59 Å². The SMILES string of the molecule is COC(=O)/C(=C/C(=C\c1cc2ccccc2s1)C(=O)OC)c1cc2ccccc2s1. The number of carbonyl (C=O) groups is 2. The van der Waals surface area contributed by atoms with Crippen molar-refractivity contribution in [1.82, 2.24) is 0 Å². The van der Waals surface area contributed by atoms with Crippen LogP contribution in [0.3, 0.4) is 0 Å². The van der Waals surface area contributed by atoms with Crippen LogP contribution in [-0.4, -0.2) is 26.2 Å². The van der Waals surface area contributed by atoms with Gasteiger partial charge in [0, 0.05) is 19.2 Å². The molecule has 30 heavy (non-hydrogen) atoms. The van der Waals surface area contributed by atoms with E-state index in [1.54, 1.807) is 23.5 Å². The van der Waals surface area contributed by atoms with Crippen LogP contribution in [0.15, 0.2) is 72.3 Å². The summed E-state index contributed by atoms with van der Waals surface area (Å²) >= 11 is 3.04. The summed E-state index contributed by atoms with van der Waals surface area (Å²) in [5.74, 6) is -1.03. The maximum Gasteiger partial charge on any atom is 0.339 e. The van der Waals surface area contributed by atoms with Crippen molar-refractivity contribution in [2.24, 2.45) is 0 Å². The number of fused-ring (bicyclic) bond motifs is 2. The second-order valence-electron chi connectivity index (χ2n) is 6.48. The fraction of sp³-hybridized carbons (Fsp3) is 0.0833. The Balaban J connectivity index is 1.84. The van der Waals surface area contributed by atoms with Crippen LogP contribution in [0.5, 0.6) is 0 Å². The van der Waals surface area contributed by atoms with E-state index in [0.29, 0.717) is 5.57 Å². The monoisotopic (exact) mass is 434 g/mol. The van der Waals surface area contributed by atoms with Gasteiger partial charge in [0.1, 0.15) is 0 Å². The van der Waals surface area contributed by atoms with Crippen molar-refractivity contribution in [3.63, 3.8) is 0 Å². The number of hydrogen-bond acceptors (Lipinski definition) is 6. The average Bonchev–Trinajstić information content (AvgIpc) is 3.38. The molecule has 4 rings (SSSR count). The summed E-state index contributed by atoms with van der Waals surface area (Å²) < 4.78 is 12.1. The number of carbonyl (C=O) groups excluding carboxylic acids is 2. The van der Waals surface area contributed by atoms with Crippen molar-refractivity contribution in [3.05, 3.63) is 82.1 Å². The van der Waals surface area contributed by atoms with Gasteiger partial charge in [0.25, 0.3) is 0 Å². The van der Waals surface area contributed by atoms with Gasteiger partial charge in [-0.2, -0.15) is 0 Å². The molecular formula is C24H18O4S2. The molecule has 2 heterocycles. The Morgan fingerprint density at radius 1 is 0.800 bits per heavy atom. The first-order valence-corrected chi connectivity index (χ1v) is 10.8. The first-order chi connectivity index (χ1) is 14.6. The molecule has 4 aromatic rings. The van der Waals surface area contributed by atoms with Gasteiger partial charge < -0.3 is 9.47 Å². The van der Waals surface area contributed by atoms with Crippen LogP contribution in [0.25, 0.3) is 31.8 Å². The molecule has 0 saturated carbocycles. The highest BCUT2D eigenvalue weighted by molar-refractivity contribution is 7.20. The Hall–Kier alpha value is -3.22. The molecule has 6 heteroatoms. The molecule has 0 radical (unpaired) electrons. The number of esters is 2. The summed E-state index contributed by atoms with van der Waals surface area (Å²) in [4.78, 5) is 26.7. The molecule has 0 saturated heterocycles. The zero-order valence-corrected chi connectivity index (χ0v) is 18.0. The van der Waals surface area contributed by atoms with Gasteiger partial charge in [-0.3, -0.25) is 0 Å². The van der Waals surface area contributed by atoms with E-state index in [2.05, 4.69) is 0 Å². The maximum absolute atomic E-state index is 12.6. The molecule has 0 N–H and O–H groups in total. The standard InChI is InChI=1S/C24H18O4S2/c1-27-23(25)17(12-18-11-15-7-3-5-9-20(15)29-18)13-19(24(26)28-2)22-14-16-8-4-6-10-21(16)30-22/h3-14H,1-2H3/b17-12+,19-13+. The summed E-state index contributed by atoms with van der Waals surface area (Å²) in [6, 6.07) is 19.8. The molecule has 0 atom stereocenters. The minimum atomic E-state index is -0.519. The third kappa shape index (κ3) is 4.06. The molecule has 150 valence electrons. The molecular weight excluding hydrogens is 416 g/mol. The molecule has 2 aromatic heterocycles. The predicted octanol–water partition coefficient (Wildman–Crippen LogP) is 5.93. The normalized spacial score (nSPS) is 12.3. The third-order valence-electron chi connectivity index (χ3n) is 4.56. The molecule has 0 unspecified atom stereocenters. The maximum atomic E-state index is 12.6. The van der Waals surface area contributed by atoms with E-state index in [4.69, 9.17) is 9.47 Å². The summed E-state index contributed by atoms with van der Waals surface area (Å²) in [7, 11) is 2.66. The smallest absolute Gasteiger partial charge is 0.339 e. The van der Waals surface area contributed by atoms with Gasteiger partial charge in [-0.1, -0.05) is 36.4 Å². The molecule has 0 aliphatic carbocycles. The van der Waals surface area contributed by atoms with Crippen molar-refractivity contribution in [3.8, 4) is 0 Å². The third-order valence-corrected chi connectivity index (χ3v) is 6.77. The Morgan fingerprint density at radius 2 is 1.40 bits per heavy atom. The predicted molar refractivity (Wildman–Crippen MR) is 124 cm³/mol. The topological polar surface area (TPSA) is 52.6 Å². The van der Waals surface area contributed by atoms with E-state index in [-0.39, 0.29) is 5.57 Å². The van der Waals surface area contributed by atoms with Gasteiger partial charge in [0.05, 0.1) is 25.4 Å². The molecule has 0 fully saturated rings. The van der Waals surface area contributed by atoms with Crippen LogP contribution >= 0.6 is 22.7 Å². The van der Waals surface area contributed by atoms with E-state index in [1.165, 1.54) is 25.6 Å². The molecule has 0 aliphatic rings. The summed E-state index contributed by atoms with van der Waals surface area (Å²) in [6.07, 6.45) is 3.29. The molecule has 0 spiro atoms. The Morgan fingerprint density at radius 3 is 2.00 bits per heavy atom. The fourth-order valence-electron chi connectivity index (χ4n) is 3.11. The van der Waals surface area contributed by atoms with E-state index in [1.807, 2.05) is 60.7 Å². The van der Waals surface area contributed by atoms with Crippen LogP contribution < -0.4 is 0 Å². The zero-order chi connectivity index (χ0) is 21.1. The number of thiophene rings is 2. The van der Waals surface area contributed by atoms with Gasteiger partial charge in [0.15, 0.2) is 0 Å². The Labute approximate surface area is 181 Å². The van der Waals surface area contributed by atoms with E-state index >= 15 is 0 Å². The first kappa shape index (κ1) is 20.1. The Kier molecular flexibility index (Phi) is 5.79. The minimum absolute atomic E-state index is 0.280. The highest BCUT2D eigenvalue weighted by atomic mass is 32.1. The van der Waals surface area contributed by atoms with Crippen LogP contribution in [0.4, 0.5) is 0 Å².